The minimum Gasteiger partial charge on any atom is -0.316 e. The Labute approximate surface area is 107 Å². The van der Waals surface area contributed by atoms with Gasteiger partial charge in [-0.25, -0.2) is 0 Å². The van der Waals surface area contributed by atoms with E-state index in [1.54, 1.807) is 0 Å². The third kappa shape index (κ3) is 3.42. The Morgan fingerprint density at radius 2 is 2.18 bits per heavy atom. The predicted octanol–water partition coefficient (Wildman–Crippen LogP) is 4.30. The topological polar surface area (TPSA) is 12.0 Å². The van der Waals surface area contributed by atoms with Crippen LogP contribution in [0.2, 0.25) is 0 Å². The SMILES string of the molecule is CCCNCC/C=C/c1cccc2ccsc12. The minimum absolute atomic E-state index is 1.07. The maximum absolute atomic E-state index is 3.40. The lowest BCUT2D eigenvalue weighted by molar-refractivity contribution is 0.679. The van der Waals surface area contributed by atoms with Crippen molar-refractivity contribution in [2.45, 2.75) is 19.8 Å². The van der Waals surface area contributed by atoms with Gasteiger partial charge in [-0.3, -0.25) is 0 Å². The molecule has 0 aliphatic carbocycles. The predicted molar refractivity (Wildman–Crippen MR) is 78.6 cm³/mol. The van der Waals surface area contributed by atoms with E-state index in [0.717, 1.165) is 19.5 Å². The summed E-state index contributed by atoms with van der Waals surface area (Å²) in [4.78, 5) is 0. The van der Waals surface area contributed by atoms with Crippen molar-refractivity contribution in [2.75, 3.05) is 13.1 Å². The highest BCUT2D eigenvalue weighted by atomic mass is 32.1. The molecule has 1 heterocycles. The molecule has 0 radical (unpaired) electrons. The molecule has 0 saturated heterocycles. The highest BCUT2D eigenvalue weighted by Crippen LogP contribution is 2.25. The van der Waals surface area contributed by atoms with E-state index in [-0.39, 0.29) is 0 Å². The molecule has 1 N–H and O–H groups in total. The summed E-state index contributed by atoms with van der Waals surface area (Å²) >= 11 is 1.82. The average Bonchev–Trinajstić information content (AvgIpc) is 2.82. The molecule has 1 aromatic carbocycles. The Bertz CT molecular complexity index is 484. The van der Waals surface area contributed by atoms with Crippen molar-refractivity contribution < 1.29 is 0 Å². The lowest BCUT2D eigenvalue weighted by Crippen LogP contribution is -2.14. The van der Waals surface area contributed by atoms with Crippen LogP contribution in [0.1, 0.15) is 25.3 Å². The van der Waals surface area contributed by atoms with Crippen LogP contribution in [0.25, 0.3) is 16.2 Å². The third-order valence-corrected chi connectivity index (χ3v) is 3.70. The van der Waals surface area contributed by atoms with Crippen molar-refractivity contribution in [1.29, 1.82) is 0 Å². The van der Waals surface area contributed by atoms with Gasteiger partial charge in [-0.1, -0.05) is 37.3 Å². The fourth-order valence-corrected chi connectivity index (χ4v) is 2.74. The van der Waals surface area contributed by atoms with E-state index in [2.05, 4.69) is 54.0 Å². The van der Waals surface area contributed by atoms with Gasteiger partial charge in [0.1, 0.15) is 0 Å². The van der Waals surface area contributed by atoms with E-state index >= 15 is 0 Å². The van der Waals surface area contributed by atoms with Gasteiger partial charge in [0.15, 0.2) is 0 Å². The molecule has 1 nitrogen and oxygen atoms in total. The first-order valence-electron chi connectivity index (χ1n) is 6.25. The van der Waals surface area contributed by atoms with Gasteiger partial charge in [0.25, 0.3) is 0 Å². The normalized spacial score (nSPS) is 11.6. The summed E-state index contributed by atoms with van der Waals surface area (Å²) in [6, 6.07) is 8.67. The molecule has 2 rings (SSSR count). The molecule has 17 heavy (non-hydrogen) atoms. The molecule has 2 heteroatoms. The zero-order chi connectivity index (χ0) is 11.9. The Morgan fingerprint density at radius 3 is 3.06 bits per heavy atom. The van der Waals surface area contributed by atoms with E-state index in [9.17, 15) is 0 Å². The van der Waals surface area contributed by atoms with Crippen LogP contribution < -0.4 is 5.32 Å². The Morgan fingerprint density at radius 1 is 1.24 bits per heavy atom. The summed E-state index contributed by atoms with van der Waals surface area (Å²) in [6.07, 6.45) is 6.81. The zero-order valence-corrected chi connectivity index (χ0v) is 11.1. The van der Waals surface area contributed by atoms with Crippen LogP contribution in [-0.4, -0.2) is 13.1 Å². The van der Waals surface area contributed by atoms with Crippen LogP contribution in [0.15, 0.2) is 35.7 Å². The second kappa shape index (κ2) is 6.58. The Balaban J connectivity index is 1.94. The molecule has 0 aliphatic heterocycles. The smallest absolute Gasteiger partial charge is 0.0414 e. The largest absolute Gasteiger partial charge is 0.316 e. The Hall–Kier alpha value is -1.12. The number of hydrogen-bond donors (Lipinski definition) is 1. The first kappa shape index (κ1) is 12.3. The molecule has 0 spiro atoms. The molecule has 90 valence electrons. The number of thiophene rings is 1. The van der Waals surface area contributed by atoms with E-state index in [0.29, 0.717) is 0 Å². The number of hydrogen-bond acceptors (Lipinski definition) is 2. The number of fused-ring (bicyclic) bond motifs is 1. The van der Waals surface area contributed by atoms with Gasteiger partial charge in [-0.05, 0) is 48.3 Å². The Kier molecular flexibility index (Phi) is 4.77. The van der Waals surface area contributed by atoms with Crippen molar-refractivity contribution in [3.8, 4) is 0 Å². The van der Waals surface area contributed by atoms with Crippen molar-refractivity contribution in [3.05, 3.63) is 41.3 Å². The average molecular weight is 245 g/mol. The van der Waals surface area contributed by atoms with Gasteiger partial charge in [-0.15, -0.1) is 11.3 Å². The molecule has 0 saturated carbocycles. The summed E-state index contributed by atoms with van der Waals surface area (Å²) in [5.41, 5.74) is 1.34. The zero-order valence-electron chi connectivity index (χ0n) is 10.3. The fourth-order valence-electron chi connectivity index (χ4n) is 1.84. The molecular weight excluding hydrogens is 226 g/mol. The maximum Gasteiger partial charge on any atom is 0.0414 e. The maximum atomic E-state index is 3.40. The van der Waals surface area contributed by atoms with Crippen molar-refractivity contribution in [3.63, 3.8) is 0 Å². The highest BCUT2D eigenvalue weighted by Gasteiger charge is 1.97. The van der Waals surface area contributed by atoms with Crippen molar-refractivity contribution in [1.82, 2.24) is 5.32 Å². The summed E-state index contributed by atoms with van der Waals surface area (Å²) in [5.74, 6) is 0. The van der Waals surface area contributed by atoms with Gasteiger partial charge in [-0.2, -0.15) is 0 Å². The third-order valence-electron chi connectivity index (χ3n) is 2.72. The van der Waals surface area contributed by atoms with E-state index in [1.807, 2.05) is 11.3 Å². The molecule has 0 amide bonds. The summed E-state index contributed by atoms with van der Waals surface area (Å²) in [6.45, 7) is 4.39. The van der Waals surface area contributed by atoms with Crippen LogP contribution in [-0.2, 0) is 0 Å². The molecular formula is C15H19NS. The molecule has 0 atom stereocenters. The monoisotopic (exact) mass is 245 g/mol. The van der Waals surface area contributed by atoms with E-state index < -0.39 is 0 Å². The van der Waals surface area contributed by atoms with Crippen LogP contribution in [0.3, 0.4) is 0 Å². The van der Waals surface area contributed by atoms with Crippen LogP contribution >= 0.6 is 11.3 Å². The molecule has 0 aliphatic rings. The molecule has 0 fully saturated rings. The van der Waals surface area contributed by atoms with Gasteiger partial charge in [0, 0.05) is 4.70 Å². The number of rotatable bonds is 6. The summed E-state index contributed by atoms with van der Waals surface area (Å²) in [7, 11) is 0. The lowest BCUT2D eigenvalue weighted by atomic mass is 10.1. The summed E-state index contributed by atoms with van der Waals surface area (Å²) < 4.78 is 1.39. The van der Waals surface area contributed by atoms with Gasteiger partial charge in [0.05, 0.1) is 0 Å². The molecule has 2 aromatic rings. The highest BCUT2D eigenvalue weighted by molar-refractivity contribution is 7.17. The van der Waals surface area contributed by atoms with Gasteiger partial charge >= 0.3 is 0 Å². The van der Waals surface area contributed by atoms with Crippen LogP contribution in [0.4, 0.5) is 0 Å². The van der Waals surface area contributed by atoms with Crippen LogP contribution in [0.5, 0.6) is 0 Å². The number of benzene rings is 1. The molecule has 0 bridgehead atoms. The molecule has 1 aromatic heterocycles. The molecule has 0 unspecified atom stereocenters. The van der Waals surface area contributed by atoms with Gasteiger partial charge in [0.2, 0.25) is 0 Å². The first-order chi connectivity index (χ1) is 8.42. The van der Waals surface area contributed by atoms with E-state index in [1.165, 1.54) is 22.1 Å². The summed E-state index contributed by atoms with van der Waals surface area (Å²) in [5, 5.41) is 6.91. The first-order valence-corrected chi connectivity index (χ1v) is 7.13. The van der Waals surface area contributed by atoms with Gasteiger partial charge < -0.3 is 5.32 Å². The quantitative estimate of drug-likeness (QED) is 0.748. The minimum atomic E-state index is 1.07. The van der Waals surface area contributed by atoms with Crippen LogP contribution in [0, 0.1) is 0 Å². The lowest BCUT2D eigenvalue weighted by Gasteiger charge is -1.99. The van der Waals surface area contributed by atoms with Crippen molar-refractivity contribution >= 4 is 27.5 Å². The number of nitrogens with one attached hydrogen (secondary N) is 1. The van der Waals surface area contributed by atoms with Crippen molar-refractivity contribution in [2.24, 2.45) is 0 Å². The second-order valence-electron chi connectivity index (χ2n) is 4.13. The standard InChI is InChI=1S/C15H19NS/c1-2-10-16-11-4-3-6-13-7-5-8-14-9-12-17-15(13)14/h3,5-9,12,16H,2,4,10-11H2,1H3/b6-3+. The second-order valence-corrected chi connectivity index (χ2v) is 5.04. The fraction of sp³-hybridized carbons (Fsp3) is 0.333. The van der Waals surface area contributed by atoms with E-state index in [4.69, 9.17) is 0 Å².